The van der Waals surface area contributed by atoms with Crippen molar-refractivity contribution in [3.05, 3.63) is 99.0 Å². The summed E-state index contributed by atoms with van der Waals surface area (Å²) in [6, 6.07) is 19.2. The van der Waals surface area contributed by atoms with Crippen LogP contribution < -0.4 is 9.62 Å². The second-order valence-electron chi connectivity index (χ2n) is 7.62. The van der Waals surface area contributed by atoms with E-state index in [2.05, 4.69) is 5.32 Å². The third-order valence-electron chi connectivity index (χ3n) is 5.11. The second kappa shape index (κ2) is 9.94. The molecule has 0 aliphatic heterocycles. The van der Waals surface area contributed by atoms with Crippen molar-refractivity contribution in [1.29, 1.82) is 0 Å². The number of nitrogens with one attached hydrogen (secondary N) is 1. The average Bonchev–Trinajstić information content (AvgIpc) is 2.73. The summed E-state index contributed by atoms with van der Waals surface area (Å²) >= 11 is 12.5. The molecule has 1 amide bonds. The fourth-order valence-corrected chi connectivity index (χ4v) is 4.61. The first-order chi connectivity index (χ1) is 15.1. The van der Waals surface area contributed by atoms with Gasteiger partial charge in [0.25, 0.3) is 5.91 Å². The van der Waals surface area contributed by atoms with E-state index in [-0.39, 0.29) is 18.5 Å². The molecule has 168 valence electrons. The minimum absolute atomic E-state index is 0.0205. The third kappa shape index (κ3) is 5.82. The lowest BCUT2D eigenvalue weighted by Crippen LogP contribution is -2.30. The molecule has 3 aromatic rings. The topological polar surface area (TPSA) is 66.5 Å². The molecule has 3 rings (SSSR count). The number of amides is 1. The van der Waals surface area contributed by atoms with Crippen molar-refractivity contribution >= 4 is 44.8 Å². The smallest absolute Gasteiger partial charge is 0.251 e. The molecule has 0 aliphatic carbocycles. The molecule has 0 saturated carbocycles. The van der Waals surface area contributed by atoms with Crippen molar-refractivity contribution in [2.45, 2.75) is 26.4 Å². The van der Waals surface area contributed by atoms with E-state index in [1.54, 1.807) is 42.5 Å². The summed E-state index contributed by atoms with van der Waals surface area (Å²) in [4.78, 5) is 12.7. The highest BCUT2D eigenvalue weighted by molar-refractivity contribution is 7.92. The number of anilines is 1. The van der Waals surface area contributed by atoms with Crippen molar-refractivity contribution in [3.8, 4) is 0 Å². The minimum atomic E-state index is -3.63. The van der Waals surface area contributed by atoms with E-state index in [9.17, 15) is 13.2 Å². The van der Waals surface area contributed by atoms with E-state index in [0.717, 1.165) is 17.4 Å². The molecule has 0 aliphatic rings. The van der Waals surface area contributed by atoms with Crippen LogP contribution in [0.1, 0.15) is 40.0 Å². The number of hydrogen-bond acceptors (Lipinski definition) is 3. The molecule has 0 spiro atoms. The molecule has 0 fully saturated rings. The standard InChI is InChI=1S/C24H24Cl2N2O3S/c1-16-7-9-18(10-8-16)17(2)27-24(29)19-11-13-20(14-12-19)28(32(3,30)31)15-21-22(25)5-4-6-23(21)26/h4-14,17H,15H2,1-3H3,(H,27,29)/t17-/m0/s1. The van der Waals surface area contributed by atoms with Gasteiger partial charge in [0.05, 0.1) is 24.5 Å². The minimum Gasteiger partial charge on any atom is -0.346 e. The Morgan fingerprint density at radius 3 is 2.06 bits per heavy atom. The SMILES string of the molecule is Cc1ccc([C@H](C)NC(=O)c2ccc(N(Cc3c(Cl)cccc3Cl)S(C)(=O)=O)cc2)cc1. The molecule has 8 heteroatoms. The van der Waals surface area contributed by atoms with Gasteiger partial charge in [0.15, 0.2) is 0 Å². The highest BCUT2D eigenvalue weighted by Gasteiger charge is 2.21. The molecule has 0 radical (unpaired) electrons. The maximum absolute atomic E-state index is 12.7. The van der Waals surface area contributed by atoms with E-state index in [0.29, 0.717) is 26.9 Å². The number of nitrogens with zero attached hydrogens (tertiary/aromatic N) is 1. The summed E-state index contributed by atoms with van der Waals surface area (Å²) in [5, 5.41) is 3.72. The van der Waals surface area contributed by atoms with Crippen LogP contribution in [0.5, 0.6) is 0 Å². The normalized spacial score (nSPS) is 12.3. The van der Waals surface area contributed by atoms with Crippen LogP contribution >= 0.6 is 23.2 Å². The van der Waals surface area contributed by atoms with Crippen LogP contribution in [-0.4, -0.2) is 20.6 Å². The van der Waals surface area contributed by atoms with Gasteiger partial charge >= 0.3 is 0 Å². The maximum atomic E-state index is 12.7. The molecule has 1 atom stereocenters. The van der Waals surface area contributed by atoms with Crippen LogP contribution in [0.3, 0.4) is 0 Å². The molecule has 5 nitrogen and oxygen atoms in total. The Bertz CT molecular complexity index is 1190. The van der Waals surface area contributed by atoms with Crippen LogP contribution in [0.15, 0.2) is 66.7 Å². The number of carbonyl (C=O) groups excluding carboxylic acids is 1. The molecular formula is C24H24Cl2N2O3S. The summed E-state index contributed by atoms with van der Waals surface area (Å²) < 4.78 is 26.1. The molecule has 0 heterocycles. The summed E-state index contributed by atoms with van der Waals surface area (Å²) in [6.45, 7) is 3.90. The van der Waals surface area contributed by atoms with Crippen LogP contribution in [0.4, 0.5) is 5.69 Å². The van der Waals surface area contributed by atoms with Crippen molar-refractivity contribution in [1.82, 2.24) is 5.32 Å². The monoisotopic (exact) mass is 490 g/mol. The number of sulfonamides is 1. The quantitative estimate of drug-likeness (QED) is 0.457. The number of halogens is 2. The van der Waals surface area contributed by atoms with Crippen LogP contribution in [0.2, 0.25) is 10.0 Å². The average molecular weight is 491 g/mol. The van der Waals surface area contributed by atoms with Gasteiger partial charge in [-0.15, -0.1) is 0 Å². The summed E-state index contributed by atoms with van der Waals surface area (Å²) in [5.41, 5.74) is 3.50. The Balaban J connectivity index is 1.80. The van der Waals surface area contributed by atoms with Crippen molar-refractivity contribution in [3.63, 3.8) is 0 Å². The van der Waals surface area contributed by atoms with E-state index in [1.165, 1.54) is 4.31 Å². The molecule has 0 aromatic heterocycles. The third-order valence-corrected chi connectivity index (χ3v) is 6.95. The van der Waals surface area contributed by atoms with Gasteiger partial charge in [-0.05, 0) is 55.8 Å². The van der Waals surface area contributed by atoms with Crippen LogP contribution in [-0.2, 0) is 16.6 Å². The molecule has 1 N–H and O–H groups in total. The molecule has 32 heavy (non-hydrogen) atoms. The number of hydrogen-bond donors (Lipinski definition) is 1. The van der Waals surface area contributed by atoms with E-state index in [4.69, 9.17) is 23.2 Å². The van der Waals surface area contributed by atoms with Crippen molar-refractivity contribution in [2.75, 3.05) is 10.6 Å². The zero-order chi connectivity index (χ0) is 23.5. The zero-order valence-corrected chi connectivity index (χ0v) is 20.3. The molecule has 0 unspecified atom stereocenters. The fourth-order valence-electron chi connectivity index (χ4n) is 3.22. The maximum Gasteiger partial charge on any atom is 0.251 e. The lowest BCUT2D eigenvalue weighted by molar-refractivity contribution is 0.0940. The second-order valence-corrected chi connectivity index (χ2v) is 10.3. The summed E-state index contributed by atoms with van der Waals surface area (Å²) in [5.74, 6) is -0.246. The van der Waals surface area contributed by atoms with E-state index < -0.39 is 10.0 Å². The zero-order valence-electron chi connectivity index (χ0n) is 18.0. The summed E-state index contributed by atoms with van der Waals surface area (Å²) in [6.07, 6.45) is 1.11. The Morgan fingerprint density at radius 2 is 1.53 bits per heavy atom. The lowest BCUT2D eigenvalue weighted by atomic mass is 10.1. The Kier molecular flexibility index (Phi) is 7.49. The molecular weight excluding hydrogens is 467 g/mol. The first-order valence-electron chi connectivity index (χ1n) is 9.94. The van der Waals surface area contributed by atoms with Gasteiger partial charge in [0.2, 0.25) is 10.0 Å². The van der Waals surface area contributed by atoms with Crippen molar-refractivity contribution < 1.29 is 13.2 Å². The summed E-state index contributed by atoms with van der Waals surface area (Å²) in [7, 11) is -3.63. The molecule has 3 aromatic carbocycles. The molecule has 0 bridgehead atoms. The number of benzene rings is 3. The van der Waals surface area contributed by atoms with E-state index in [1.807, 2.05) is 38.1 Å². The van der Waals surface area contributed by atoms with Gasteiger partial charge in [-0.3, -0.25) is 9.10 Å². The highest BCUT2D eigenvalue weighted by atomic mass is 35.5. The van der Waals surface area contributed by atoms with Gasteiger partial charge in [0.1, 0.15) is 0 Å². The Hall–Kier alpha value is -2.54. The Labute approximate surface area is 199 Å². The first-order valence-corrected chi connectivity index (χ1v) is 12.5. The highest BCUT2D eigenvalue weighted by Crippen LogP contribution is 2.29. The lowest BCUT2D eigenvalue weighted by Gasteiger charge is -2.24. The van der Waals surface area contributed by atoms with Crippen molar-refractivity contribution in [2.24, 2.45) is 0 Å². The predicted molar refractivity (Wildman–Crippen MR) is 131 cm³/mol. The number of aryl methyl sites for hydroxylation is 1. The molecule has 0 saturated heterocycles. The van der Waals surface area contributed by atoms with E-state index >= 15 is 0 Å². The first kappa shape index (κ1) is 24.1. The number of rotatable bonds is 7. The van der Waals surface area contributed by atoms with Gasteiger partial charge < -0.3 is 5.32 Å². The largest absolute Gasteiger partial charge is 0.346 e. The number of carbonyl (C=O) groups is 1. The van der Waals surface area contributed by atoms with Gasteiger partial charge in [-0.25, -0.2) is 8.42 Å². The Morgan fingerprint density at radius 1 is 0.969 bits per heavy atom. The fraction of sp³-hybridized carbons (Fsp3) is 0.208. The van der Waals surface area contributed by atoms with Gasteiger partial charge in [-0.2, -0.15) is 0 Å². The van der Waals surface area contributed by atoms with Crippen LogP contribution in [0.25, 0.3) is 0 Å². The van der Waals surface area contributed by atoms with Gasteiger partial charge in [-0.1, -0.05) is 59.1 Å². The van der Waals surface area contributed by atoms with Gasteiger partial charge in [0, 0.05) is 21.2 Å². The van der Waals surface area contributed by atoms with Crippen LogP contribution in [0, 0.1) is 6.92 Å². The predicted octanol–water partition coefficient (Wildman–Crippen LogP) is 5.76.